The van der Waals surface area contributed by atoms with Crippen molar-refractivity contribution in [1.82, 2.24) is 0 Å². The Kier molecular flexibility index (Phi) is 12.3. The maximum atomic E-state index is 12.4. The lowest BCUT2D eigenvalue weighted by Crippen LogP contribution is -2.08. The largest absolute Gasteiger partial charge is 0.494 e. The van der Waals surface area contributed by atoms with Gasteiger partial charge in [-0.3, -0.25) is 0 Å². The molecule has 2 rings (SSSR count). The predicted octanol–water partition coefficient (Wildman–Crippen LogP) is 7.85. The molecule has 0 aliphatic heterocycles. The fraction of sp³-hybridized carbons (Fsp3) is 0.536. The fourth-order valence-corrected chi connectivity index (χ4v) is 3.36. The summed E-state index contributed by atoms with van der Waals surface area (Å²) in [5, 5.41) is 0. The van der Waals surface area contributed by atoms with Crippen LogP contribution in [0.2, 0.25) is 0 Å². The van der Waals surface area contributed by atoms with E-state index in [0.717, 1.165) is 36.9 Å². The molecule has 2 aromatic rings. The first kappa shape index (κ1) is 25.8. The molecule has 0 saturated heterocycles. The maximum Gasteiger partial charge on any atom is 0.343 e. The lowest BCUT2D eigenvalue weighted by molar-refractivity contribution is 0.0734. The van der Waals surface area contributed by atoms with Crippen LogP contribution in [-0.4, -0.2) is 19.2 Å². The van der Waals surface area contributed by atoms with E-state index in [1.165, 1.54) is 44.9 Å². The minimum Gasteiger partial charge on any atom is -0.494 e. The zero-order chi connectivity index (χ0) is 23.0. The molecule has 0 saturated carbocycles. The van der Waals surface area contributed by atoms with Crippen LogP contribution in [0.3, 0.4) is 0 Å². The van der Waals surface area contributed by atoms with E-state index in [-0.39, 0.29) is 5.97 Å². The van der Waals surface area contributed by atoms with E-state index in [1.54, 1.807) is 24.3 Å². The molecule has 0 aromatic heterocycles. The van der Waals surface area contributed by atoms with Gasteiger partial charge >= 0.3 is 5.97 Å². The summed E-state index contributed by atoms with van der Waals surface area (Å²) in [6.45, 7) is 8.12. The van der Waals surface area contributed by atoms with Gasteiger partial charge in [-0.25, -0.2) is 4.79 Å². The molecule has 32 heavy (non-hydrogen) atoms. The number of carbonyl (C=O) groups excluding carboxylic acids is 1. The molecule has 2 aromatic carbocycles. The van der Waals surface area contributed by atoms with E-state index < -0.39 is 0 Å². The van der Waals surface area contributed by atoms with Gasteiger partial charge in [0.25, 0.3) is 0 Å². The maximum absolute atomic E-state index is 12.4. The first-order valence-electron chi connectivity index (χ1n) is 12.3. The van der Waals surface area contributed by atoms with Crippen molar-refractivity contribution in [3.63, 3.8) is 0 Å². The van der Waals surface area contributed by atoms with Gasteiger partial charge in [-0.05, 0) is 73.7 Å². The minimum atomic E-state index is -0.380. The van der Waals surface area contributed by atoms with Crippen LogP contribution in [0.1, 0.15) is 88.9 Å². The zero-order valence-corrected chi connectivity index (χ0v) is 20.1. The normalized spacial score (nSPS) is 11.7. The Labute approximate surface area is 194 Å². The monoisotopic (exact) mass is 440 g/mol. The smallest absolute Gasteiger partial charge is 0.343 e. The van der Waals surface area contributed by atoms with Crippen molar-refractivity contribution in [3.05, 3.63) is 54.1 Å². The van der Waals surface area contributed by atoms with Gasteiger partial charge in [0.2, 0.25) is 0 Å². The van der Waals surface area contributed by atoms with Gasteiger partial charge in [-0.2, -0.15) is 0 Å². The highest BCUT2D eigenvalue weighted by Gasteiger charge is 2.09. The van der Waals surface area contributed by atoms with E-state index in [2.05, 4.69) is 20.8 Å². The van der Waals surface area contributed by atoms with Gasteiger partial charge in [0.05, 0.1) is 18.8 Å². The summed E-state index contributed by atoms with van der Waals surface area (Å²) in [7, 11) is 0. The summed E-state index contributed by atoms with van der Waals surface area (Å²) >= 11 is 0. The highest BCUT2D eigenvalue weighted by atomic mass is 16.5. The van der Waals surface area contributed by atoms with Crippen LogP contribution in [0.15, 0.2) is 48.5 Å². The molecular weight excluding hydrogens is 400 g/mol. The molecule has 4 nitrogen and oxygen atoms in total. The molecule has 0 bridgehead atoms. The lowest BCUT2D eigenvalue weighted by Gasteiger charge is -2.10. The van der Waals surface area contributed by atoms with Gasteiger partial charge in [0.15, 0.2) is 0 Å². The molecule has 0 fully saturated rings. The summed E-state index contributed by atoms with van der Waals surface area (Å²) < 4.78 is 17.0. The first-order chi connectivity index (χ1) is 15.6. The van der Waals surface area contributed by atoms with E-state index in [1.807, 2.05) is 24.3 Å². The van der Waals surface area contributed by atoms with E-state index in [4.69, 9.17) is 14.2 Å². The van der Waals surface area contributed by atoms with E-state index >= 15 is 0 Å². The van der Waals surface area contributed by atoms with Crippen molar-refractivity contribution in [2.45, 2.75) is 78.6 Å². The van der Waals surface area contributed by atoms with Gasteiger partial charge in [-0.15, -0.1) is 0 Å². The second-order valence-corrected chi connectivity index (χ2v) is 8.51. The summed E-state index contributed by atoms with van der Waals surface area (Å²) in [6, 6.07) is 14.3. The molecule has 0 amide bonds. The van der Waals surface area contributed by atoms with E-state index in [9.17, 15) is 4.79 Å². The topological polar surface area (TPSA) is 44.8 Å². The number of benzene rings is 2. The third kappa shape index (κ3) is 10.2. The molecule has 0 heterocycles. The second-order valence-electron chi connectivity index (χ2n) is 8.51. The summed E-state index contributed by atoms with van der Waals surface area (Å²) in [5.41, 5.74) is 0.500. The van der Waals surface area contributed by atoms with Gasteiger partial charge < -0.3 is 14.2 Å². The van der Waals surface area contributed by atoms with Gasteiger partial charge in [0, 0.05) is 0 Å². The Morgan fingerprint density at radius 3 is 1.88 bits per heavy atom. The van der Waals surface area contributed by atoms with Crippen LogP contribution in [0.4, 0.5) is 0 Å². The predicted molar refractivity (Wildman–Crippen MR) is 131 cm³/mol. The Morgan fingerprint density at radius 1 is 0.719 bits per heavy atom. The molecule has 0 spiro atoms. The quantitative estimate of drug-likeness (QED) is 0.151. The lowest BCUT2D eigenvalue weighted by atomic mass is 10.0. The SMILES string of the molecule is CCCCCCCCOc1ccc(OC(=O)c2ccc(OCCCC(C)CC)cc2)cc1. The minimum absolute atomic E-state index is 0.380. The molecule has 0 N–H and O–H groups in total. The summed E-state index contributed by atoms with van der Waals surface area (Å²) in [6.07, 6.45) is 10.9. The average molecular weight is 441 g/mol. The van der Waals surface area contributed by atoms with Crippen LogP contribution in [0, 0.1) is 5.92 Å². The van der Waals surface area contributed by atoms with Gasteiger partial charge in [-0.1, -0.05) is 59.3 Å². The molecule has 0 aliphatic rings. The Morgan fingerprint density at radius 2 is 1.25 bits per heavy atom. The number of rotatable bonds is 16. The summed E-state index contributed by atoms with van der Waals surface area (Å²) in [4.78, 5) is 12.4. The van der Waals surface area contributed by atoms with E-state index in [0.29, 0.717) is 17.9 Å². The fourth-order valence-electron chi connectivity index (χ4n) is 3.36. The van der Waals surface area contributed by atoms with Crippen molar-refractivity contribution in [1.29, 1.82) is 0 Å². The molecular formula is C28H40O4. The van der Waals surface area contributed by atoms with Crippen LogP contribution in [-0.2, 0) is 0 Å². The number of carbonyl (C=O) groups is 1. The highest BCUT2D eigenvalue weighted by Crippen LogP contribution is 2.20. The zero-order valence-electron chi connectivity index (χ0n) is 20.1. The molecule has 0 aliphatic carbocycles. The molecule has 4 heteroatoms. The first-order valence-corrected chi connectivity index (χ1v) is 12.3. The Balaban J connectivity index is 1.69. The Bertz CT molecular complexity index is 752. The van der Waals surface area contributed by atoms with Crippen molar-refractivity contribution in [3.8, 4) is 17.2 Å². The third-order valence-corrected chi connectivity index (χ3v) is 5.70. The molecule has 1 atom stereocenters. The summed E-state index contributed by atoms with van der Waals surface area (Å²) in [5.74, 6) is 2.43. The number of hydrogen-bond acceptors (Lipinski definition) is 4. The highest BCUT2D eigenvalue weighted by molar-refractivity contribution is 5.91. The molecule has 1 unspecified atom stereocenters. The van der Waals surface area contributed by atoms with Crippen LogP contribution in [0.25, 0.3) is 0 Å². The van der Waals surface area contributed by atoms with Crippen molar-refractivity contribution in [2.24, 2.45) is 5.92 Å². The Hall–Kier alpha value is -2.49. The molecule has 0 radical (unpaired) electrons. The van der Waals surface area contributed by atoms with Gasteiger partial charge in [0.1, 0.15) is 17.2 Å². The van der Waals surface area contributed by atoms with Crippen molar-refractivity contribution >= 4 is 5.97 Å². The van der Waals surface area contributed by atoms with Crippen molar-refractivity contribution < 1.29 is 19.0 Å². The average Bonchev–Trinajstić information content (AvgIpc) is 2.82. The van der Waals surface area contributed by atoms with Crippen molar-refractivity contribution in [2.75, 3.05) is 13.2 Å². The van der Waals surface area contributed by atoms with Crippen LogP contribution in [0.5, 0.6) is 17.2 Å². The second kappa shape index (κ2) is 15.3. The molecule has 176 valence electrons. The van der Waals surface area contributed by atoms with Crippen LogP contribution < -0.4 is 14.2 Å². The number of unbranched alkanes of at least 4 members (excludes halogenated alkanes) is 5. The standard InChI is InChI=1S/C28H40O4/c1-4-6-7-8-9-10-21-30-26-17-19-27(20-18-26)32-28(29)24-13-15-25(16-14-24)31-22-11-12-23(3)5-2/h13-20,23H,4-12,21-22H2,1-3H3. The van der Waals surface area contributed by atoms with Crippen LogP contribution >= 0.6 is 0 Å². The third-order valence-electron chi connectivity index (χ3n) is 5.70. The number of ether oxygens (including phenoxy) is 3. The number of hydrogen-bond donors (Lipinski definition) is 0. The number of esters is 1.